The van der Waals surface area contributed by atoms with E-state index in [1.165, 1.54) is 0 Å². The van der Waals surface area contributed by atoms with Crippen molar-refractivity contribution in [3.63, 3.8) is 0 Å². The van der Waals surface area contributed by atoms with Crippen LogP contribution in [0, 0.1) is 12.7 Å². The first-order valence-electron chi connectivity index (χ1n) is 5.16. The van der Waals surface area contributed by atoms with Crippen LogP contribution in [0.3, 0.4) is 0 Å². The Morgan fingerprint density at radius 2 is 2.06 bits per heavy atom. The standard InChI is InChI=1S/C12H12FN3O/c1-8-3-2-4-10(12(8)13)17-11-6-5-9(7-14)15-16-11/h2-6H,7,14H2,1H3. The minimum absolute atomic E-state index is 0.139. The zero-order valence-corrected chi connectivity index (χ0v) is 9.35. The van der Waals surface area contributed by atoms with Crippen molar-refractivity contribution >= 4 is 0 Å². The van der Waals surface area contributed by atoms with E-state index in [4.69, 9.17) is 10.5 Å². The molecule has 0 bridgehead atoms. The van der Waals surface area contributed by atoms with Gasteiger partial charge in [0.15, 0.2) is 11.6 Å². The average molecular weight is 233 g/mol. The van der Waals surface area contributed by atoms with Gasteiger partial charge in [0.05, 0.1) is 5.69 Å². The van der Waals surface area contributed by atoms with Crippen molar-refractivity contribution in [2.45, 2.75) is 13.5 Å². The number of aromatic nitrogens is 2. The third-order valence-electron chi connectivity index (χ3n) is 2.28. The van der Waals surface area contributed by atoms with Gasteiger partial charge < -0.3 is 10.5 Å². The molecule has 2 rings (SSSR count). The molecule has 0 unspecified atom stereocenters. The molecule has 0 spiro atoms. The molecule has 17 heavy (non-hydrogen) atoms. The van der Waals surface area contributed by atoms with E-state index in [0.29, 0.717) is 17.8 Å². The molecule has 1 aromatic heterocycles. The van der Waals surface area contributed by atoms with E-state index in [2.05, 4.69) is 10.2 Å². The Labute approximate surface area is 98.2 Å². The second-order valence-corrected chi connectivity index (χ2v) is 3.56. The summed E-state index contributed by atoms with van der Waals surface area (Å²) in [4.78, 5) is 0. The second kappa shape index (κ2) is 4.88. The number of aryl methyl sites for hydroxylation is 1. The van der Waals surface area contributed by atoms with Crippen LogP contribution in [0.15, 0.2) is 30.3 Å². The van der Waals surface area contributed by atoms with Crippen LogP contribution in [0.25, 0.3) is 0 Å². The molecule has 2 N–H and O–H groups in total. The Kier molecular flexibility index (Phi) is 3.30. The van der Waals surface area contributed by atoms with Crippen molar-refractivity contribution in [3.8, 4) is 11.6 Å². The van der Waals surface area contributed by atoms with Gasteiger partial charge in [-0.3, -0.25) is 0 Å². The van der Waals surface area contributed by atoms with Gasteiger partial charge in [-0.25, -0.2) is 4.39 Å². The molecule has 2 aromatic rings. The molecular formula is C12H12FN3O. The maximum absolute atomic E-state index is 13.6. The zero-order valence-electron chi connectivity index (χ0n) is 9.35. The minimum atomic E-state index is -0.391. The number of halogens is 1. The van der Waals surface area contributed by atoms with Crippen LogP contribution >= 0.6 is 0 Å². The van der Waals surface area contributed by atoms with Gasteiger partial charge in [-0.2, -0.15) is 5.10 Å². The SMILES string of the molecule is Cc1cccc(Oc2ccc(CN)nn2)c1F. The molecule has 0 saturated carbocycles. The molecule has 1 aromatic carbocycles. The maximum Gasteiger partial charge on any atom is 0.239 e. The van der Waals surface area contributed by atoms with E-state index in [-0.39, 0.29) is 11.6 Å². The molecule has 0 aliphatic carbocycles. The highest BCUT2D eigenvalue weighted by molar-refractivity contribution is 5.32. The number of nitrogens with two attached hydrogens (primary N) is 1. The third-order valence-corrected chi connectivity index (χ3v) is 2.28. The highest BCUT2D eigenvalue weighted by atomic mass is 19.1. The summed E-state index contributed by atoms with van der Waals surface area (Å²) in [6, 6.07) is 8.23. The number of hydrogen-bond acceptors (Lipinski definition) is 4. The Morgan fingerprint density at radius 3 is 2.71 bits per heavy atom. The first kappa shape index (κ1) is 11.5. The lowest BCUT2D eigenvalue weighted by Gasteiger charge is -2.06. The molecule has 0 fully saturated rings. The predicted octanol–water partition coefficient (Wildman–Crippen LogP) is 2.18. The summed E-state index contributed by atoms with van der Waals surface area (Å²) in [5.41, 5.74) is 6.57. The van der Waals surface area contributed by atoms with E-state index < -0.39 is 5.82 Å². The fourth-order valence-electron chi connectivity index (χ4n) is 1.32. The molecule has 88 valence electrons. The maximum atomic E-state index is 13.6. The molecule has 0 aliphatic heterocycles. The van der Waals surface area contributed by atoms with Crippen LogP contribution < -0.4 is 10.5 Å². The van der Waals surface area contributed by atoms with Gasteiger partial charge >= 0.3 is 0 Å². The van der Waals surface area contributed by atoms with Crippen LogP contribution in [0.2, 0.25) is 0 Å². The summed E-state index contributed by atoms with van der Waals surface area (Å²) in [6.07, 6.45) is 0. The molecule has 0 atom stereocenters. The quantitative estimate of drug-likeness (QED) is 0.882. The highest BCUT2D eigenvalue weighted by Crippen LogP contribution is 2.24. The average Bonchev–Trinajstić information content (AvgIpc) is 2.36. The molecule has 0 saturated heterocycles. The van der Waals surface area contributed by atoms with Crippen molar-refractivity contribution in [1.82, 2.24) is 10.2 Å². The first-order valence-corrected chi connectivity index (χ1v) is 5.16. The molecule has 5 heteroatoms. The van der Waals surface area contributed by atoms with E-state index in [9.17, 15) is 4.39 Å². The topological polar surface area (TPSA) is 61.0 Å². The van der Waals surface area contributed by atoms with Gasteiger partial charge in [-0.05, 0) is 24.6 Å². The number of benzene rings is 1. The van der Waals surface area contributed by atoms with E-state index in [1.54, 1.807) is 37.3 Å². The molecule has 0 amide bonds. The van der Waals surface area contributed by atoms with Gasteiger partial charge in [0.25, 0.3) is 0 Å². The zero-order chi connectivity index (χ0) is 12.3. The molecule has 4 nitrogen and oxygen atoms in total. The van der Waals surface area contributed by atoms with E-state index in [1.807, 2.05) is 0 Å². The summed E-state index contributed by atoms with van der Waals surface area (Å²) in [7, 11) is 0. The lowest BCUT2D eigenvalue weighted by molar-refractivity contribution is 0.419. The fourth-order valence-corrected chi connectivity index (χ4v) is 1.32. The van der Waals surface area contributed by atoms with Crippen molar-refractivity contribution in [3.05, 3.63) is 47.4 Å². The molecular weight excluding hydrogens is 221 g/mol. The normalized spacial score (nSPS) is 10.3. The monoisotopic (exact) mass is 233 g/mol. The summed E-state index contributed by atoms with van der Waals surface area (Å²) in [5, 5.41) is 7.62. The predicted molar refractivity (Wildman–Crippen MR) is 61.1 cm³/mol. The first-order chi connectivity index (χ1) is 8.20. The fraction of sp³-hybridized carbons (Fsp3) is 0.167. The molecule has 1 heterocycles. The van der Waals surface area contributed by atoms with Crippen molar-refractivity contribution in [1.29, 1.82) is 0 Å². The van der Waals surface area contributed by atoms with Crippen molar-refractivity contribution < 1.29 is 9.13 Å². The summed E-state index contributed by atoms with van der Waals surface area (Å²) in [6.45, 7) is 1.98. The smallest absolute Gasteiger partial charge is 0.239 e. The van der Waals surface area contributed by atoms with E-state index >= 15 is 0 Å². The Balaban J connectivity index is 2.22. The number of hydrogen-bond donors (Lipinski definition) is 1. The van der Waals surface area contributed by atoms with Gasteiger partial charge in [-0.15, -0.1) is 5.10 Å². The van der Waals surface area contributed by atoms with Gasteiger partial charge in [0.2, 0.25) is 5.88 Å². The Bertz CT molecular complexity index is 514. The molecule has 0 aliphatic rings. The second-order valence-electron chi connectivity index (χ2n) is 3.56. The number of rotatable bonds is 3. The van der Waals surface area contributed by atoms with Crippen LogP contribution in [-0.4, -0.2) is 10.2 Å². The minimum Gasteiger partial charge on any atom is -0.434 e. The van der Waals surface area contributed by atoms with Crippen LogP contribution in [0.1, 0.15) is 11.3 Å². The van der Waals surface area contributed by atoms with Gasteiger partial charge in [0, 0.05) is 12.6 Å². The van der Waals surface area contributed by atoms with E-state index in [0.717, 1.165) is 0 Å². The Hall–Kier alpha value is -2.01. The summed E-state index contributed by atoms with van der Waals surface area (Å²) in [5.74, 6) is -0.0105. The lowest BCUT2D eigenvalue weighted by Crippen LogP contribution is -2.01. The largest absolute Gasteiger partial charge is 0.434 e. The Morgan fingerprint density at radius 1 is 1.24 bits per heavy atom. The lowest BCUT2D eigenvalue weighted by atomic mass is 10.2. The summed E-state index contributed by atoms with van der Waals surface area (Å²) >= 11 is 0. The van der Waals surface area contributed by atoms with Crippen molar-refractivity contribution in [2.75, 3.05) is 0 Å². The number of nitrogens with zero attached hydrogens (tertiary/aromatic N) is 2. The van der Waals surface area contributed by atoms with Crippen LogP contribution in [0.4, 0.5) is 4.39 Å². The third kappa shape index (κ3) is 2.57. The van der Waals surface area contributed by atoms with Crippen molar-refractivity contribution in [2.24, 2.45) is 5.73 Å². The summed E-state index contributed by atoms with van der Waals surface area (Å²) < 4.78 is 18.9. The van der Waals surface area contributed by atoms with Gasteiger partial charge in [0.1, 0.15) is 0 Å². The van der Waals surface area contributed by atoms with Crippen LogP contribution in [0.5, 0.6) is 11.6 Å². The van der Waals surface area contributed by atoms with Crippen LogP contribution in [-0.2, 0) is 6.54 Å². The highest BCUT2D eigenvalue weighted by Gasteiger charge is 2.07. The number of ether oxygens (including phenoxy) is 1. The van der Waals surface area contributed by atoms with Gasteiger partial charge in [-0.1, -0.05) is 12.1 Å². The molecule has 0 radical (unpaired) electrons.